The van der Waals surface area contributed by atoms with Crippen molar-refractivity contribution in [3.05, 3.63) is 59.7 Å². The van der Waals surface area contributed by atoms with E-state index in [1.54, 1.807) is 24.3 Å². The van der Waals surface area contributed by atoms with Crippen LogP contribution in [0.4, 0.5) is 5.69 Å². The number of ether oxygens (including phenoxy) is 1. The van der Waals surface area contributed by atoms with E-state index in [0.29, 0.717) is 16.4 Å². The Hall–Kier alpha value is -2.93. The summed E-state index contributed by atoms with van der Waals surface area (Å²) in [5.74, 6) is -0.605. The first-order valence-electron chi connectivity index (χ1n) is 7.15. The van der Waals surface area contributed by atoms with Gasteiger partial charge in [0.2, 0.25) is 0 Å². The molecule has 0 saturated heterocycles. The molecule has 2 aromatic rings. The van der Waals surface area contributed by atoms with E-state index in [0.717, 1.165) is 11.3 Å². The molecule has 3 N–H and O–H groups in total. The number of hydrogen-bond acceptors (Lipinski definition) is 4. The number of para-hydroxylation sites is 2. The Balaban J connectivity index is 1.95. The number of benzene rings is 2. The summed E-state index contributed by atoms with van der Waals surface area (Å²) in [6, 6.07) is 14.8. The smallest absolute Gasteiger partial charge is 0.341 e. The zero-order valence-corrected chi connectivity index (χ0v) is 13.8. The maximum absolute atomic E-state index is 10.6. The van der Waals surface area contributed by atoms with Gasteiger partial charge in [-0.3, -0.25) is 5.43 Å². The lowest BCUT2D eigenvalue weighted by Crippen LogP contribution is -2.24. The lowest BCUT2D eigenvalue weighted by Gasteiger charge is -2.09. The van der Waals surface area contributed by atoms with Crippen LogP contribution in [0.15, 0.2) is 53.6 Å². The van der Waals surface area contributed by atoms with Gasteiger partial charge in [-0.1, -0.05) is 30.3 Å². The molecule has 0 atom stereocenters. The van der Waals surface area contributed by atoms with Crippen LogP contribution in [0, 0.1) is 6.92 Å². The monoisotopic (exact) mass is 343 g/mol. The molecule has 0 aliphatic rings. The third-order valence-corrected chi connectivity index (χ3v) is 3.23. The molecular weight excluding hydrogens is 326 g/mol. The van der Waals surface area contributed by atoms with E-state index in [2.05, 4.69) is 15.8 Å². The Bertz CT molecular complexity index is 762. The highest BCUT2D eigenvalue weighted by atomic mass is 32.1. The molecule has 0 amide bonds. The Labute approximate surface area is 145 Å². The first-order chi connectivity index (χ1) is 11.6. The molecule has 0 aliphatic carbocycles. The van der Waals surface area contributed by atoms with E-state index in [1.165, 1.54) is 6.21 Å². The fourth-order valence-electron chi connectivity index (χ4n) is 1.88. The SMILES string of the molecule is Cc1ccccc1NC(=S)N/N=C\c1ccccc1OCC(=O)O. The topological polar surface area (TPSA) is 83.0 Å². The van der Waals surface area contributed by atoms with Gasteiger partial charge in [-0.05, 0) is 42.9 Å². The molecule has 0 aliphatic heterocycles. The van der Waals surface area contributed by atoms with E-state index in [4.69, 9.17) is 22.1 Å². The highest BCUT2D eigenvalue weighted by Gasteiger charge is 2.04. The highest BCUT2D eigenvalue weighted by Crippen LogP contribution is 2.15. The maximum atomic E-state index is 10.6. The first kappa shape index (κ1) is 17.4. The molecule has 0 fully saturated rings. The van der Waals surface area contributed by atoms with Crippen molar-refractivity contribution >= 4 is 35.2 Å². The zero-order chi connectivity index (χ0) is 17.4. The standard InChI is InChI=1S/C17H17N3O3S/c1-12-6-2-4-8-14(12)19-17(24)20-18-10-13-7-3-5-9-15(13)23-11-16(21)22/h2-10H,11H2,1H3,(H,21,22)(H2,19,20,24)/b18-10-. The second kappa shape index (κ2) is 8.64. The summed E-state index contributed by atoms with van der Waals surface area (Å²) < 4.78 is 5.20. The molecule has 0 bridgehead atoms. The fraction of sp³-hybridized carbons (Fsp3) is 0.118. The van der Waals surface area contributed by atoms with Gasteiger partial charge in [0.15, 0.2) is 11.7 Å². The van der Waals surface area contributed by atoms with Crippen LogP contribution in [0.1, 0.15) is 11.1 Å². The summed E-state index contributed by atoms with van der Waals surface area (Å²) in [4.78, 5) is 10.6. The van der Waals surface area contributed by atoms with Gasteiger partial charge in [-0.2, -0.15) is 5.10 Å². The molecular formula is C17H17N3O3S. The van der Waals surface area contributed by atoms with Crippen molar-refractivity contribution in [3.63, 3.8) is 0 Å². The van der Waals surface area contributed by atoms with Crippen LogP contribution in [-0.4, -0.2) is 29.0 Å². The molecule has 0 unspecified atom stereocenters. The lowest BCUT2D eigenvalue weighted by atomic mass is 10.2. The van der Waals surface area contributed by atoms with Crippen molar-refractivity contribution in [1.82, 2.24) is 5.43 Å². The molecule has 24 heavy (non-hydrogen) atoms. The molecule has 2 rings (SSSR count). The minimum absolute atomic E-state index is 0.351. The molecule has 124 valence electrons. The number of thiocarbonyl (C=S) groups is 1. The van der Waals surface area contributed by atoms with Crippen molar-refractivity contribution in [3.8, 4) is 5.75 Å². The molecule has 7 heteroatoms. The number of aryl methyl sites for hydroxylation is 1. The molecule has 0 radical (unpaired) electrons. The number of carboxylic acid groups (broad SMARTS) is 1. The third kappa shape index (κ3) is 5.36. The van der Waals surface area contributed by atoms with Gasteiger partial charge in [-0.25, -0.2) is 4.79 Å². The van der Waals surface area contributed by atoms with Gasteiger partial charge < -0.3 is 15.2 Å². The lowest BCUT2D eigenvalue weighted by molar-refractivity contribution is -0.139. The Morgan fingerprint density at radius 3 is 2.71 bits per heavy atom. The number of carbonyl (C=O) groups is 1. The predicted octanol–water partition coefficient (Wildman–Crippen LogP) is 2.78. The average molecular weight is 343 g/mol. The van der Waals surface area contributed by atoms with E-state index >= 15 is 0 Å². The van der Waals surface area contributed by atoms with E-state index < -0.39 is 12.6 Å². The molecule has 0 aromatic heterocycles. The number of nitrogens with one attached hydrogen (secondary N) is 2. The summed E-state index contributed by atoms with van der Waals surface area (Å²) in [6.07, 6.45) is 1.52. The van der Waals surface area contributed by atoms with E-state index in [9.17, 15) is 4.79 Å². The van der Waals surface area contributed by atoms with Gasteiger partial charge in [0, 0.05) is 11.3 Å². The van der Waals surface area contributed by atoms with Crippen LogP contribution in [-0.2, 0) is 4.79 Å². The number of hydrogen-bond donors (Lipinski definition) is 3. The summed E-state index contributed by atoms with van der Waals surface area (Å²) in [5.41, 5.74) is 5.33. The maximum Gasteiger partial charge on any atom is 0.341 e. The van der Waals surface area contributed by atoms with Gasteiger partial charge in [0.25, 0.3) is 0 Å². The average Bonchev–Trinajstić information content (AvgIpc) is 2.56. The van der Waals surface area contributed by atoms with Crippen LogP contribution >= 0.6 is 12.2 Å². The first-order valence-corrected chi connectivity index (χ1v) is 7.56. The van der Waals surface area contributed by atoms with Crippen molar-refractivity contribution in [2.24, 2.45) is 5.10 Å². The van der Waals surface area contributed by atoms with Crippen molar-refractivity contribution in [1.29, 1.82) is 0 Å². The van der Waals surface area contributed by atoms with Crippen LogP contribution in [0.5, 0.6) is 5.75 Å². The molecule has 0 saturated carbocycles. The van der Waals surface area contributed by atoms with Gasteiger partial charge in [0.1, 0.15) is 5.75 Å². The minimum atomic E-state index is -1.04. The Kier molecular flexibility index (Phi) is 6.27. The molecule has 2 aromatic carbocycles. The van der Waals surface area contributed by atoms with Gasteiger partial charge >= 0.3 is 5.97 Å². The summed E-state index contributed by atoms with van der Waals surface area (Å²) in [5, 5.41) is 16.1. The summed E-state index contributed by atoms with van der Waals surface area (Å²) in [6.45, 7) is 1.57. The zero-order valence-electron chi connectivity index (χ0n) is 13.0. The normalized spacial score (nSPS) is 10.4. The largest absolute Gasteiger partial charge is 0.481 e. The number of hydrazone groups is 1. The quantitative estimate of drug-likeness (QED) is 0.425. The third-order valence-electron chi connectivity index (χ3n) is 3.03. The number of carboxylic acids is 1. The number of anilines is 1. The Morgan fingerprint density at radius 1 is 1.25 bits per heavy atom. The summed E-state index contributed by atoms with van der Waals surface area (Å²) in [7, 11) is 0. The van der Waals surface area contributed by atoms with Gasteiger partial charge in [0.05, 0.1) is 6.21 Å². The van der Waals surface area contributed by atoms with Crippen molar-refractivity contribution in [2.45, 2.75) is 6.92 Å². The van der Waals surface area contributed by atoms with Crippen LogP contribution in [0.25, 0.3) is 0 Å². The van der Waals surface area contributed by atoms with Crippen molar-refractivity contribution < 1.29 is 14.6 Å². The Morgan fingerprint density at radius 2 is 1.96 bits per heavy atom. The van der Waals surface area contributed by atoms with E-state index in [1.807, 2.05) is 31.2 Å². The second-order valence-corrected chi connectivity index (χ2v) is 5.27. The van der Waals surface area contributed by atoms with Crippen molar-refractivity contribution in [2.75, 3.05) is 11.9 Å². The number of aliphatic carboxylic acids is 1. The molecule has 6 nitrogen and oxygen atoms in total. The predicted molar refractivity (Wildman–Crippen MR) is 97.7 cm³/mol. The summed E-state index contributed by atoms with van der Waals surface area (Å²) >= 11 is 5.18. The van der Waals surface area contributed by atoms with E-state index in [-0.39, 0.29) is 0 Å². The highest BCUT2D eigenvalue weighted by molar-refractivity contribution is 7.80. The second-order valence-electron chi connectivity index (χ2n) is 4.86. The van der Waals surface area contributed by atoms with Crippen LogP contribution in [0.3, 0.4) is 0 Å². The molecule has 0 spiro atoms. The minimum Gasteiger partial charge on any atom is -0.481 e. The number of rotatable bonds is 6. The van der Waals surface area contributed by atoms with Crippen LogP contribution in [0.2, 0.25) is 0 Å². The van der Waals surface area contributed by atoms with Gasteiger partial charge in [-0.15, -0.1) is 0 Å². The molecule has 0 heterocycles. The fourth-order valence-corrected chi connectivity index (χ4v) is 2.04. The number of nitrogens with zero attached hydrogens (tertiary/aromatic N) is 1. The van der Waals surface area contributed by atoms with Crippen LogP contribution < -0.4 is 15.5 Å².